The molecule has 2 unspecified atom stereocenters. The van der Waals surface area contributed by atoms with Crippen molar-refractivity contribution in [1.29, 1.82) is 0 Å². The minimum absolute atomic E-state index is 0.0253. The molecule has 0 radical (unpaired) electrons. The zero-order valence-corrected chi connectivity index (χ0v) is 30.8. The minimum atomic E-state index is -1.93. The number of hydroxylamine groups is 2. The maximum atomic E-state index is 13.7. The number of imide groups is 1. The lowest BCUT2D eigenvalue weighted by Crippen LogP contribution is -2.48. The van der Waals surface area contributed by atoms with E-state index in [0.717, 1.165) is 24.8 Å². The molecule has 2 aromatic rings. The van der Waals surface area contributed by atoms with Crippen molar-refractivity contribution >= 4 is 46.9 Å². The molecule has 1 N–H and O–H groups in total. The Labute approximate surface area is 300 Å². The van der Waals surface area contributed by atoms with Crippen LogP contribution in [0.3, 0.4) is 0 Å². The number of nitrogens with zero attached hydrogens (tertiary/aromatic N) is 2. The van der Waals surface area contributed by atoms with Crippen LogP contribution in [0.25, 0.3) is 0 Å². The number of benzene rings is 2. The summed E-state index contributed by atoms with van der Waals surface area (Å²) in [6, 6.07) is 12.3. The quantitative estimate of drug-likeness (QED) is 0.0594. The first-order chi connectivity index (χ1) is 23.9. The van der Waals surface area contributed by atoms with Crippen molar-refractivity contribution in [1.82, 2.24) is 9.96 Å². The number of ketones is 1. The van der Waals surface area contributed by atoms with Crippen LogP contribution in [0.5, 0.6) is 0 Å². The number of carbonyl (C=O) groups excluding carboxylic acids is 5. The van der Waals surface area contributed by atoms with Crippen LogP contribution in [0, 0.1) is 5.41 Å². The van der Waals surface area contributed by atoms with Crippen LogP contribution in [0.15, 0.2) is 48.5 Å². The van der Waals surface area contributed by atoms with Gasteiger partial charge in [-0.2, -0.15) is 0 Å². The highest BCUT2D eigenvalue weighted by atomic mass is 35.5. The van der Waals surface area contributed by atoms with E-state index in [4.69, 9.17) is 25.9 Å². The van der Waals surface area contributed by atoms with Crippen molar-refractivity contribution in [2.45, 2.75) is 118 Å². The predicted molar refractivity (Wildman–Crippen MR) is 191 cm³/mol. The van der Waals surface area contributed by atoms with Crippen LogP contribution in [0.4, 0.5) is 10.5 Å². The number of hydrogen-bond donors (Lipinski definition) is 1. The Hall–Kier alpha value is -3.80. The van der Waals surface area contributed by atoms with Gasteiger partial charge in [0.2, 0.25) is 12.3 Å². The number of Topliss-reactive ketones (excluding diaryl/α,β-unsaturated/α-hetero) is 1. The molecule has 1 aliphatic heterocycles. The molecule has 274 valence electrons. The summed E-state index contributed by atoms with van der Waals surface area (Å²) in [4.78, 5) is 73.7. The van der Waals surface area contributed by atoms with Crippen molar-refractivity contribution < 1.29 is 38.3 Å². The maximum absolute atomic E-state index is 13.7. The van der Waals surface area contributed by atoms with E-state index in [1.807, 2.05) is 6.07 Å². The number of halogens is 1. The molecule has 2 aromatic carbocycles. The average molecular weight is 714 g/mol. The van der Waals surface area contributed by atoms with Gasteiger partial charge >= 0.3 is 17.9 Å². The summed E-state index contributed by atoms with van der Waals surface area (Å²) in [7, 11) is 0. The smallest absolute Gasteiger partial charge is 0.354 e. The summed E-state index contributed by atoms with van der Waals surface area (Å²) in [5.41, 5.74) is -0.201. The van der Waals surface area contributed by atoms with Gasteiger partial charge in [0, 0.05) is 12.0 Å². The summed E-state index contributed by atoms with van der Waals surface area (Å²) in [5.74, 6) is -3.15. The normalized spacial score (nSPS) is 15.4. The van der Waals surface area contributed by atoms with Gasteiger partial charge in [-0.15, -0.1) is 5.06 Å². The van der Waals surface area contributed by atoms with Gasteiger partial charge in [-0.1, -0.05) is 127 Å². The molecule has 11 nitrogen and oxygen atoms in total. The number of amides is 4. The Kier molecular flexibility index (Phi) is 16.4. The number of ether oxygens (including phenoxy) is 2. The van der Waals surface area contributed by atoms with Crippen molar-refractivity contribution in [2.24, 2.45) is 5.41 Å². The SMILES string of the molecule is CCCCCCCCCCCCOC(=O)c1ccc(Cl)c(NC(=O)C(ON2C(=O)C(OCC)N(Cc3ccccc3)C2=O)C(=O)C(C)(C)C)c1. The first-order valence-corrected chi connectivity index (χ1v) is 18.1. The number of esters is 1. The maximum Gasteiger partial charge on any atom is 0.354 e. The Morgan fingerprint density at radius 3 is 2.10 bits per heavy atom. The fraction of sp³-hybridized carbons (Fsp3) is 0.553. The van der Waals surface area contributed by atoms with Crippen molar-refractivity contribution in [3.8, 4) is 0 Å². The highest BCUT2D eigenvalue weighted by Gasteiger charge is 2.50. The monoisotopic (exact) mass is 713 g/mol. The van der Waals surface area contributed by atoms with Gasteiger partial charge in [0.15, 0.2) is 5.78 Å². The van der Waals surface area contributed by atoms with Crippen molar-refractivity contribution in [3.63, 3.8) is 0 Å². The Morgan fingerprint density at radius 2 is 1.50 bits per heavy atom. The fourth-order valence-corrected chi connectivity index (χ4v) is 5.55. The summed E-state index contributed by atoms with van der Waals surface area (Å²) in [6.07, 6.45) is 8.33. The summed E-state index contributed by atoms with van der Waals surface area (Å²) >= 11 is 6.37. The second-order valence-electron chi connectivity index (χ2n) is 13.4. The number of carbonyl (C=O) groups is 5. The molecule has 0 saturated carbocycles. The van der Waals surface area contributed by atoms with Crippen LogP contribution in [-0.4, -0.2) is 65.1 Å². The molecular formula is C38H52ClN3O8. The van der Waals surface area contributed by atoms with E-state index in [-0.39, 0.29) is 36.0 Å². The van der Waals surface area contributed by atoms with E-state index >= 15 is 0 Å². The Morgan fingerprint density at radius 1 is 0.880 bits per heavy atom. The third kappa shape index (κ3) is 11.9. The van der Waals surface area contributed by atoms with E-state index in [1.165, 1.54) is 68.0 Å². The summed E-state index contributed by atoms with van der Waals surface area (Å²) in [5, 5.41) is 3.03. The second kappa shape index (κ2) is 20.1. The Bertz CT molecular complexity index is 1450. The number of rotatable bonds is 21. The minimum Gasteiger partial charge on any atom is -0.462 e. The standard InChI is InChI=1S/C38H52ClN3O8/c1-6-8-9-10-11-12-13-14-15-19-24-49-36(46)28-22-23-29(39)30(25-28)40-33(44)31(32(43)38(3,4)5)50-42-34(45)35(48-7-2)41(37(42)47)26-27-20-17-16-18-21-27/h16-18,20-23,25,31,35H,6-15,19,24,26H2,1-5H3,(H,40,44). The number of urea groups is 1. The van der Waals surface area contributed by atoms with Crippen LogP contribution < -0.4 is 5.32 Å². The van der Waals surface area contributed by atoms with E-state index < -0.39 is 47.3 Å². The second-order valence-corrected chi connectivity index (χ2v) is 13.8. The lowest BCUT2D eigenvalue weighted by molar-refractivity contribution is -0.190. The van der Waals surface area contributed by atoms with Gasteiger partial charge in [-0.05, 0) is 37.1 Å². The molecular weight excluding hydrogens is 662 g/mol. The van der Waals surface area contributed by atoms with Gasteiger partial charge in [-0.3, -0.25) is 19.3 Å². The summed E-state index contributed by atoms with van der Waals surface area (Å²) in [6.45, 7) is 9.03. The lowest BCUT2D eigenvalue weighted by Gasteiger charge is -2.26. The molecule has 1 heterocycles. The molecule has 0 bridgehead atoms. The van der Waals surface area contributed by atoms with Gasteiger partial charge < -0.3 is 14.8 Å². The third-order valence-corrected chi connectivity index (χ3v) is 8.58. The summed E-state index contributed by atoms with van der Waals surface area (Å²) < 4.78 is 11.0. The highest BCUT2D eigenvalue weighted by Crippen LogP contribution is 2.28. The highest BCUT2D eigenvalue weighted by molar-refractivity contribution is 6.34. The number of nitrogens with one attached hydrogen (secondary N) is 1. The molecule has 0 aromatic heterocycles. The number of unbranched alkanes of at least 4 members (excludes halogenated alkanes) is 9. The third-order valence-electron chi connectivity index (χ3n) is 8.25. The van der Waals surface area contributed by atoms with Crippen LogP contribution in [-0.2, 0) is 35.2 Å². The van der Waals surface area contributed by atoms with E-state index in [0.29, 0.717) is 5.06 Å². The largest absolute Gasteiger partial charge is 0.462 e. The molecule has 12 heteroatoms. The van der Waals surface area contributed by atoms with Crippen LogP contribution >= 0.6 is 11.6 Å². The molecule has 1 fully saturated rings. The van der Waals surface area contributed by atoms with Crippen molar-refractivity contribution in [3.05, 3.63) is 64.7 Å². The fourth-order valence-electron chi connectivity index (χ4n) is 5.39. The van der Waals surface area contributed by atoms with E-state index in [1.54, 1.807) is 52.0 Å². The van der Waals surface area contributed by atoms with Gasteiger partial charge in [0.1, 0.15) is 0 Å². The van der Waals surface area contributed by atoms with Crippen molar-refractivity contribution in [2.75, 3.05) is 18.5 Å². The number of anilines is 1. The van der Waals surface area contributed by atoms with Gasteiger partial charge in [-0.25, -0.2) is 14.4 Å². The lowest BCUT2D eigenvalue weighted by atomic mass is 9.87. The van der Waals surface area contributed by atoms with Crippen LogP contribution in [0.1, 0.15) is 115 Å². The van der Waals surface area contributed by atoms with Crippen LogP contribution in [0.2, 0.25) is 5.02 Å². The molecule has 4 amide bonds. The van der Waals surface area contributed by atoms with E-state index in [2.05, 4.69) is 12.2 Å². The topological polar surface area (TPSA) is 132 Å². The first kappa shape index (κ1) is 40.6. The molecule has 1 saturated heterocycles. The predicted octanol–water partition coefficient (Wildman–Crippen LogP) is 8.10. The first-order valence-electron chi connectivity index (χ1n) is 17.7. The molecule has 2 atom stereocenters. The Balaban J connectivity index is 1.66. The van der Waals surface area contributed by atoms with E-state index in [9.17, 15) is 24.0 Å². The van der Waals surface area contributed by atoms with Gasteiger partial charge in [0.05, 0.1) is 29.4 Å². The molecule has 0 aliphatic carbocycles. The molecule has 1 aliphatic rings. The zero-order valence-electron chi connectivity index (χ0n) is 30.0. The average Bonchev–Trinajstić information content (AvgIpc) is 3.29. The van der Waals surface area contributed by atoms with Gasteiger partial charge in [0.25, 0.3) is 5.91 Å². The number of hydrogen-bond acceptors (Lipinski definition) is 8. The zero-order chi connectivity index (χ0) is 36.7. The molecule has 0 spiro atoms. The molecule has 50 heavy (non-hydrogen) atoms. The molecule has 3 rings (SSSR count).